The molecule has 2 rings (SSSR count). The molecule has 1 heterocycles. The van der Waals surface area contributed by atoms with Crippen molar-refractivity contribution in [3.63, 3.8) is 0 Å². The quantitative estimate of drug-likeness (QED) is 0.766. The minimum atomic E-state index is -0.0678. The van der Waals surface area contributed by atoms with Gasteiger partial charge in [-0.05, 0) is 38.1 Å². The normalized spacial score (nSPS) is 21.2. The number of halogens is 1. The summed E-state index contributed by atoms with van der Waals surface area (Å²) in [5.41, 5.74) is 1.31. The van der Waals surface area contributed by atoms with Crippen LogP contribution < -0.4 is 10.6 Å². The number of carbonyl (C=O) groups is 1. The van der Waals surface area contributed by atoms with Crippen molar-refractivity contribution < 1.29 is 4.79 Å². The summed E-state index contributed by atoms with van der Waals surface area (Å²) >= 11 is 0. The van der Waals surface area contributed by atoms with Gasteiger partial charge >= 0.3 is 0 Å². The number of hydrogen-bond acceptors (Lipinski definition) is 2. The van der Waals surface area contributed by atoms with Gasteiger partial charge in [-0.2, -0.15) is 0 Å². The lowest BCUT2D eigenvalue weighted by Crippen LogP contribution is -2.41. The van der Waals surface area contributed by atoms with Gasteiger partial charge in [0, 0.05) is 18.5 Å². The van der Waals surface area contributed by atoms with Gasteiger partial charge in [-0.1, -0.05) is 38.3 Å². The fourth-order valence-electron chi connectivity index (χ4n) is 3.57. The van der Waals surface area contributed by atoms with E-state index in [-0.39, 0.29) is 17.8 Å². The van der Waals surface area contributed by atoms with Crippen LogP contribution in [0.3, 0.4) is 0 Å². The molecule has 0 aromatic rings. The molecule has 0 unspecified atom stereocenters. The summed E-state index contributed by atoms with van der Waals surface area (Å²) in [6, 6.07) is 0. The molecule has 2 N–H and O–H groups in total. The molecule has 1 amide bonds. The maximum absolute atomic E-state index is 12.6. The SMILES string of the molecule is CC(C)CC1(C(=O)NCC2=CCNCC2)CCCC1.Cl. The minimum Gasteiger partial charge on any atom is -0.352 e. The third kappa shape index (κ3) is 4.49. The summed E-state index contributed by atoms with van der Waals surface area (Å²) in [5, 5.41) is 6.51. The van der Waals surface area contributed by atoms with E-state index in [2.05, 4.69) is 30.6 Å². The predicted molar refractivity (Wildman–Crippen MR) is 86.2 cm³/mol. The lowest BCUT2D eigenvalue weighted by Gasteiger charge is -2.30. The molecular formula is C16H29ClN2O. The highest BCUT2D eigenvalue weighted by Crippen LogP contribution is 2.43. The molecule has 20 heavy (non-hydrogen) atoms. The Morgan fingerprint density at radius 1 is 1.40 bits per heavy atom. The number of carbonyl (C=O) groups excluding carboxylic acids is 1. The van der Waals surface area contributed by atoms with Gasteiger partial charge in [0.05, 0.1) is 0 Å². The topological polar surface area (TPSA) is 41.1 Å². The molecule has 3 nitrogen and oxygen atoms in total. The van der Waals surface area contributed by atoms with Crippen LogP contribution in [0.15, 0.2) is 11.6 Å². The molecule has 0 aromatic carbocycles. The minimum absolute atomic E-state index is 0. The highest BCUT2D eigenvalue weighted by Gasteiger charge is 2.41. The maximum Gasteiger partial charge on any atom is 0.226 e. The second kappa shape index (κ2) is 8.04. The number of hydrogen-bond donors (Lipinski definition) is 2. The van der Waals surface area contributed by atoms with E-state index < -0.39 is 0 Å². The van der Waals surface area contributed by atoms with Crippen LogP contribution in [-0.4, -0.2) is 25.5 Å². The van der Waals surface area contributed by atoms with Gasteiger partial charge in [0.1, 0.15) is 0 Å². The standard InChI is InChI=1S/C16H28N2O.ClH/c1-13(2)11-16(7-3-4-8-16)15(19)18-12-14-5-9-17-10-6-14;/h5,13,17H,3-4,6-12H2,1-2H3,(H,18,19);1H. The van der Waals surface area contributed by atoms with Crippen LogP contribution in [0.2, 0.25) is 0 Å². The van der Waals surface area contributed by atoms with Gasteiger partial charge in [-0.15, -0.1) is 12.4 Å². The summed E-state index contributed by atoms with van der Waals surface area (Å²) < 4.78 is 0. The molecule has 0 radical (unpaired) electrons. The van der Waals surface area contributed by atoms with Gasteiger partial charge in [-0.3, -0.25) is 4.79 Å². The Kier molecular flexibility index (Phi) is 7.04. The Bertz CT molecular complexity index is 346. The Hall–Kier alpha value is -0.540. The van der Waals surface area contributed by atoms with Crippen molar-refractivity contribution in [2.75, 3.05) is 19.6 Å². The Balaban J connectivity index is 0.00000200. The Morgan fingerprint density at radius 3 is 2.65 bits per heavy atom. The molecule has 1 aliphatic heterocycles. The van der Waals surface area contributed by atoms with Crippen molar-refractivity contribution >= 4 is 18.3 Å². The zero-order valence-corrected chi connectivity index (χ0v) is 13.7. The summed E-state index contributed by atoms with van der Waals surface area (Å²) in [6.07, 6.45) is 8.92. The Labute approximate surface area is 129 Å². The first kappa shape index (κ1) is 17.5. The fourth-order valence-corrected chi connectivity index (χ4v) is 3.57. The molecule has 1 fully saturated rings. The van der Waals surface area contributed by atoms with Crippen molar-refractivity contribution in [2.24, 2.45) is 11.3 Å². The second-order valence-electron chi connectivity index (χ2n) is 6.58. The second-order valence-corrected chi connectivity index (χ2v) is 6.58. The summed E-state index contributed by atoms with van der Waals surface area (Å²) in [7, 11) is 0. The molecular weight excluding hydrogens is 272 g/mol. The van der Waals surface area contributed by atoms with Crippen LogP contribution >= 0.6 is 12.4 Å². The molecule has 0 atom stereocenters. The molecule has 116 valence electrons. The molecule has 2 aliphatic rings. The third-order valence-electron chi connectivity index (χ3n) is 4.48. The molecule has 4 heteroatoms. The molecule has 1 saturated carbocycles. The summed E-state index contributed by atoms with van der Waals surface area (Å²) in [5.74, 6) is 0.903. The van der Waals surface area contributed by atoms with Crippen molar-refractivity contribution in [1.29, 1.82) is 0 Å². The van der Waals surface area contributed by atoms with E-state index in [4.69, 9.17) is 0 Å². The molecule has 0 spiro atoms. The number of rotatable bonds is 5. The smallest absolute Gasteiger partial charge is 0.226 e. The van der Waals surface area contributed by atoms with Crippen LogP contribution in [0, 0.1) is 11.3 Å². The first-order valence-corrected chi connectivity index (χ1v) is 7.79. The molecule has 1 aliphatic carbocycles. The average Bonchev–Trinajstić information content (AvgIpc) is 2.86. The van der Waals surface area contributed by atoms with E-state index in [1.165, 1.54) is 18.4 Å². The zero-order valence-electron chi connectivity index (χ0n) is 12.8. The van der Waals surface area contributed by atoms with Gasteiger partial charge in [-0.25, -0.2) is 0 Å². The van der Waals surface area contributed by atoms with Gasteiger partial charge in [0.15, 0.2) is 0 Å². The van der Waals surface area contributed by atoms with Crippen LogP contribution in [-0.2, 0) is 4.79 Å². The summed E-state index contributed by atoms with van der Waals surface area (Å²) in [6.45, 7) is 7.19. The van der Waals surface area contributed by atoms with Gasteiger partial charge in [0.2, 0.25) is 5.91 Å². The van der Waals surface area contributed by atoms with E-state index in [1.807, 2.05) is 0 Å². The first-order chi connectivity index (χ1) is 9.12. The molecule has 0 aromatic heterocycles. The lowest BCUT2D eigenvalue weighted by molar-refractivity contribution is -0.131. The highest BCUT2D eigenvalue weighted by atomic mass is 35.5. The number of nitrogens with one attached hydrogen (secondary N) is 2. The van der Waals surface area contributed by atoms with E-state index in [9.17, 15) is 4.79 Å². The first-order valence-electron chi connectivity index (χ1n) is 7.79. The van der Waals surface area contributed by atoms with Crippen LogP contribution in [0.5, 0.6) is 0 Å². The van der Waals surface area contributed by atoms with Crippen molar-refractivity contribution in [3.8, 4) is 0 Å². The molecule has 0 saturated heterocycles. The third-order valence-corrected chi connectivity index (χ3v) is 4.48. The van der Waals surface area contributed by atoms with Gasteiger partial charge < -0.3 is 10.6 Å². The maximum atomic E-state index is 12.6. The zero-order chi connectivity index (χ0) is 13.7. The van der Waals surface area contributed by atoms with Crippen molar-refractivity contribution in [3.05, 3.63) is 11.6 Å². The highest BCUT2D eigenvalue weighted by molar-refractivity contribution is 5.85. The van der Waals surface area contributed by atoms with E-state index >= 15 is 0 Å². The molecule has 0 bridgehead atoms. The van der Waals surface area contributed by atoms with Crippen molar-refractivity contribution in [1.82, 2.24) is 10.6 Å². The predicted octanol–water partition coefficient (Wildman–Crippen LogP) is 3.05. The van der Waals surface area contributed by atoms with E-state index in [0.29, 0.717) is 11.8 Å². The lowest BCUT2D eigenvalue weighted by atomic mass is 9.77. The van der Waals surface area contributed by atoms with Crippen LogP contribution in [0.25, 0.3) is 0 Å². The number of amides is 1. The van der Waals surface area contributed by atoms with Crippen molar-refractivity contribution in [2.45, 2.75) is 52.4 Å². The van der Waals surface area contributed by atoms with Gasteiger partial charge in [0.25, 0.3) is 0 Å². The Morgan fingerprint density at radius 2 is 2.10 bits per heavy atom. The van der Waals surface area contributed by atoms with E-state index in [0.717, 1.165) is 45.3 Å². The largest absolute Gasteiger partial charge is 0.352 e. The average molecular weight is 301 g/mol. The van der Waals surface area contributed by atoms with Crippen LogP contribution in [0.4, 0.5) is 0 Å². The summed E-state index contributed by atoms with van der Waals surface area (Å²) in [4.78, 5) is 12.6. The monoisotopic (exact) mass is 300 g/mol. The van der Waals surface area contributed by atoms with E-state index in [1.54, 1.807) is 0 Å². The van der Waals surface area contributed by atoms with Crippen LogP contribution in [0.1, 0.15) is 52.4 Å². The fraction of sp³-hybridized carbons (Fsp3) is 0.812.